The Morgan fingerprint density at radius 3 is 2.50 bits per heavy atom. The zero-order chi connectivity index (χ0) is 16.9. The van der Waals surface area contributed by atoms with Gasteiger partial charge in [-0.15, -0.1) is 0 Å². The van der Waals surface area contributed by atoms with Crippen molar-refractivity contribution in [3.8, 4) is 0 Å². The van der Waals surface area contributed by atoms with Crippen LogP contribution < -0.4 is 5.32 Å². The van der Waals surface area contributed by atoms with Gasteiger partial charge >= 0.3 is 12.0 Å². The molecule has 0 saturated carbocycles. The first-order valence-electron chi connectivity index (χ1n) is 6.95. The summed E-state index contributed by atoms with van der Waals surface area (Å²) in [5.41, 5.74) is 0.192. The Hall–Kier alpha value is -2.18. The van der Waals surface area contributed by atoms with Crippen molar-refractivity contribution in [2.45, 2.75) is 26.3 Å². The average molecular weight is 314 g/mol. The van der Waals surface area contributed by atoms with Crippen LogP contribution in [0.15, 0.2) is 18.2 Å². The second-order valence-electron chi connectivity index (χ2n) is 5.20. The number of hydrogen-bond acceptors (Lipinski definition) is 2. The SMILES string of the molecule is CCC(NC(=O)N(C)CC(C)C(=O)O)c1ccc(F)cc1F. The van der Waals surface area contributed by atoms with Gasteiger partial charge < -0.3 is 15.3 Å². The van der Waals surface area contributed by atoms with Crippen molar-refractivity contribution < 1.29 is 23.5 Å². The standard InChI is InChI=1S/C15H20F2N2O3/c1-4-13(11-6-5-10(16)7-12(11)17)18-15(22)19(3)8-9(2)14(20)21/h5-7,9,13H,4,8H2,1-3H3,(H,18,22)(H,20,21). The first-order chi connectivity index (χ1) is 10.3. The van der Waals surface area contributed by atoms with Crippen LogP contribution in [0.4, 0.5) is 13.6 Å². The van der Waals surface area contributed by atoms with Gasteiger partial charge in [-0.25, -0.2) is 13.6 Å². The molecule has 2 amide bonds. The van der Waals surface area contributed by atoms with Gasteiger partial charge in [0, 0.05) is 25.2 Å². The number of urea groups is 1. The maximum Gasteiger partial charge on any atom is 0.317 e. The summed E-state index contributed by atoms with van der Waals surface area (Å²) in [5, 5.41) is 11.5. The van der Waals surface area contributed by atoms with Crippen molar-refractivity contribution in [3.63, 3.8) is 0 Å². The van der Waals surface area contributed by atoms with Crippen LogP contribution in [0, 0.1) is 17.6 Å². The number of rotatable bonds is 6. The van der Waals surface area contributed by atoms with E-state index in [1.54, 1.807) is 6.92 Å². The highest BCUT2D eigenvalue weighted by molar-refractivity contribution is 5.76. The predicted molar refractivity (Wildman–Crippen MR) is 77.4 cm³/mol. The van der Waals surface area contributed by atoms with Crippen molar-refractivity contribution in [2.24, 2.45) is 5.92 Å². The number of carbonyl (C=O) groups excluding carboxylic acids is 1. The average Bonchev–Trinajstić information content (AvgIpc) is 2.44. The van der Waals surface area contributed by atoms with Crippen LogP contribution in [-0.4, -0.2) is 35.6 Å². The van der Waals surface area contributed by atoms with Gasteiger partial charge in [0.05, 0.1) is 12.0 Å². The van der Waals surface area contributed by atoms with Crippen molar-refractivity contribution in [3.05, 3.63) is 35.4 Å². The molecule has 22 heavy (non-hydrogen) atoms. The van der Waals surface area contributed by atoms with Crippen LogP contribution in [0.2, 0.25) is 0 Å². The summed E-state index contributed by atoms with van der Waals surface area (Å²) in [5.74, 6) is -3.13. The molecule has 5 nitrogen and oxygen atoms in total. The molecule has 0 aliphatic carbocycles. The molecule has 2 N–H and O–H groups in total. The van der Waals surface area contributed by atoms with E-state index in [0.717, 1.165) is 12.1 Å². The lowest BCUT2D eigenvalue weighted by Gasteiger charge is -2.24. The van der Waals surface area contributed by atoms with Crippen LogP contribution in [0.1, 0.15) is 31.9 Å². The third-order valence-electron chi connectivity index (χ3n) is 3.36. The minimum atomic E-state index is -1.00. The second kappa shape index (κ2) is 7.72. The Bertz CT molecular complexity index is 552. The van der Waals surface area contributed by atoms with Crippen molar-refractivity contribution in [2.75, 3.05) is 13.6 Å². The second-order valence-corrected chi connectivity index (χ2v) is 5.20. The first kappa shape index (κ1) is 17.9. The number of halogens is 2. The van der Waals surface area contributed by atoms with Gasteiger partial charge in [-0.05, 0) is 12.5 Å². The van der Waals surface area contributed by atoms with E-state index < -0.39 is 35.6 Å². The maximum atomic E-state index is 13.8. The van der Waals surface area contributed by atoms with Crippen LogP contribution in [0.25, 0.3) is 0 Å². The molecule has 7 heteroatoms. The molecule has 1 aromatic carbocycles. The number of carboxylic acid groups (broad SMARTS) is 1. The van der Waals surface area contributed by atoms with Crippen molar-refractivity contribution in [1.82, 2.24) is 10.2 Å². The molecular weight excluding hydrogens is 294 g/mol. The summed E-state index contributed by atoms with van der Waals surface area (Å²) in [7, 11) is 1.46. The zero-order valence-corrected chi connectivity index (χ0v) is 12.8. The molecule has 0 aliphatic heterocycles. The van der Waals surface area contributed by atoms with Gasteiger partial charge in [-0.3, -0.25) is 4.79 Å². The van der Waals surface area contributed by atoms with E-state index in [-0.39, 0.29) is 12.1 Å². The highest BCUT2D eigenvalue weighted by Gasteiger charge is 2.21. The topological polar surface area (TPSA) is 69.6 Å². The van der Waals surface area contributed by atoms with E-state index in [1.807, 2.05) is 0 Å². The highest BCUT2D eigenvalue weighted by atomic mass is 19.1. The summed E-state index contributed by atoms with van der Waals surface area (Å²) in [6.45, 7) is 3.28. The number of amides is 2. The molecule has 1 aromatic rings. The molecule has 0 saturated heterocycles. The summed E-state index contributed by atoms with van der Waals surface area (Å²) < 4.78 is 26.7. The molecule has 0 bridgehead atoms. The van der Waals surface area contributed by atoms with E-state index in [1.165, 1.54) is 24.9 Å². The largest absolute Gasteiger partial charge is 0.481 e. The Labute approximate surface area is 127 Å². The number of carboxylic acids is 1. The number of nitrogens with one attached hydrogen (secondary N) is 1. The first-order valence-corrected chi connectivity index (χ1v) is 6.95. The van der Waals surface area contributed by atoms with Crippen LogP contribution in [-0.2, 0) is 4.79 Å². The summed E-state index contributed by atoms with van der Waals surface area (Å²) in [6, 6.07) is 2.06. The smallest absolute Gasteiger partial charge is 0.317 e. The van der Waals surface area contributed by atoms with E-state index in [9.17, 15) is 18.4 Å². The van der Waals surface area contributed by atoms with Gasteiger partial charge in [0.2, 0.25) is 0 Å². The van der Waals surface area contributed by atoms with Gasteiger partial charge in [0.25, 0.3) is 0 Å². The predicted octanol–water partition coefficient (Wildman–Crippen LogP) is 2.78. The molecule has 2 atom stereocenters. The number of nitrogens with zero attached hydrogens (tertiary/aromatic N) is 1. The normalized spacial score (nSPS) is 13.3. The molecule has 1 rings (SSSR count). The van der Waals surface area contributed by atoms with Crippen LogP contribution >= 0.6 is 0 Å². The minimum absolute atomic E-state index is 0.0313. The third-order valence-corrected chi connectivity index (χ3v) is 3.36. The van der Waals surface area contributed by atoms with Gasteiger partial charge in [-0.1, -0.05) is 19.9 Å². The molecule has 0 radical (unpaired) electrons. The van der Waals surface area contributed by atoms with Gasteiger partial charge in [0.1, 0.15) is 11.6 Å². The minimum Gasteiger partial charge on any atom is -0.481 e. The van der Waals surface area contributed by atoms with E-state index >= 15 is 0 Å². The lowest BCUT2D eigenvalue weighted by molar-refractivity contribution is -0.141. The lowest BCUT2D eigenvalue weighted by Crippen LogP contribution is -2.42. The van der Waals surface area contributed by atoms with Crippen molar-refractivity contribution in [1.29, 1.82) is 0 Å². The summed E-state index contributed by atoms with van der Waals surface area (Å²) in [4.78, 5) is 24.1. The number of carbonyl (C=O) groups is 2. The third kappa shape index (κ3) is 4.68. The fourth-order valence-corrected chi connectivity index (χ4v) is 2.01. The quantitative estimate of drug-likeness (QED) is 0.848. The Morgan fingerprint density at radius 1 is 1.36 bits per heavy atom. The maximum absolute atomic E-state index is 13.8. The number of hydrogen-bond donors (Lipinski definition) is 2. The van der Waals surface area contributed by atoms with E-state index in [2.05, 4.69) is 5.32 Å². The Morgan fingerprint density at radius 2 is 2.00 bits per heavy atom. The van der Waals surface area contributed by atoms with Crippen molar-refractivity contribution >= 4 is 12.0 Å². The number of aliphatic carboxylic acids is 1. The summed E-state index contributed by atoms with van der Waals surface area (Å²) >= 11 is 0. The van der Waals surface area contributed by atoms with E-state index in [4.69, 9.17) is 5.11 Å². The molecular formula is C15H20F2N2O3. The fraction of sp³-hybridized carbons (Fsp3) is 0.467. The summed E-state index contributed by atoms with van der Waals surface area (Å²) in [6.07, 6.45) is 0.413. The molecule has 0 heterocycles. The molecule has 2 unspecified atom stereocenters. The fourth-order valence-electron chi connectivity index (χ4n) is 2.01. The Kier molecular flexibility index (Phi) is 6.27. The molecule has 0 fully saturated rings. The molecule has 0 aliphatic rings. The van der Waals surface area contributed by atoms with Crippen LogP contribution in [0.3, 0.4) is 0 Å². The molecule has 0 aromatic heterocycles. The Balaban J connectivity index is 2.77. The highest BCUT2D eigenvalue weighted by Crippen LogP contribution is 2.21. The van der Waals surface area contributed by atoms with Gasteiger partial charge in [0.15, 0.2) is 0 Å². The van der Waals surface area contributed by atoms with E-state index in [0.29, 0.717) is 6.42 Å². The number of benzene rings is 1. The zero-order valence-electron chi connectivity index (χ0n) is 12.8. The monoisotopic (exact) mass is 314 g/mol. The molecule has 122 valence electrons. The molecule has 0 spiro atoms. The lowest BCUT2D eigenvalue weighted by atomic mass is 10.0. The van der Waals surface area contributed by atoms with Crippen LogP contribution in [0.5, 0.6) is 0 Å². The van der Waals surface area contributed by atoms with Gasteiger partial charge in [-0.2, -0.15) is 0 Å².